The molecule has 2 saturated carbocycles. The van der Waals surface area contributed by atoms with Crippen LogP contribution in [-0.4, -0.2) is 33.3 Å². The van der Waals surface area contributed by atoms with Crippen LogP contribution in [0.1, 0.15) is 44.9 Å². The lowest BCUT2D eigenvalue weighted by molar-refractivity contribution is -0.127. The van der Waals surface area contributed by atoms with Crippen molar-refractivity contribution in [1.29, 1.82) is 0 Å². The van der Waals surface area contributed by atoms with Crippen molar-refractivity contribution >= 4 is 5.91 Å². The van der Waals surface area contributed by atoms with E-state index < -0.39 is 0 Å². The van der Waals surface area contributed by atoms with Crippen LogP contribution >= 0.6 is 0 Å². The minimum Gasteiger partial charge on any atom is -0.354 e. The van der Waals surface area contributed by atoms with Crippen molar-refractivity contribution in [3.8, 4) is 0 Å². The first-order valence-electron chi connectivity index (χ1n) is 7.99. The van der Waals surface area contributed by atoms with Gasteiger partial charge in [0.15, 0.2) is 0 Å². The van der Waals surface area contributed by atoms with Gasteiger partial charge in [0, 0.05) is 25.0 Å². The van der Waals surface area contributed by atoms with E-state index in [1.165, 1.54) is 12.8 Å². The molecule has 1 aromatic heterocycles. The Kier molecular flexibility index (Phi) is 3.97. The fraction of sp³-hybridized carbons (Fsp3) is 0.800. The minimum atomic E-state index is 0.0224. The van der Waals surface area contributed by atoms with Crippen LogP contribution in [0, 0.1) is 17.8 Å². The Balaban J connectivity index is 1.51. The lowest BCUT2D eigenvalue weighted by Crippen LogP contribution is -2.45. The van der Waals surface area contributed by atoms with Crippen LogP contribution in [-0.2, 0) is 11.3 Å². The number of amides is 1. The maximum atomic E-state index is 12.4. The van der Waals surface area contributed by atoms with Crippen molar-refractivity contribution in [3.05, 3.63) is 12.2 Å². The summed E-state index contributed by atoms with van der Waals surface area (Å²) in [6.07, 6.45) is 5.24. The van der Waals surface area contributed by atoms with Crippen LogP contribution in [0.2, 0.25) is 0 Å². The zero-order valence-electron chi connectivity index (χ0n) is 12.8. The van der Waals surface area contributed by atoms with E-state index in [2.05, 4.69) is 29.4 Å². The van der Waals surface area contributed by atoms with E-state index in [0.29, 0.717) is 30.8 Å². The summed E-state index contributed by atoms with van der Waals surface area (Å²) < 4.78 is 2.01. The van der Waals surface area contributed by atoms with Crippen molar-refractivity contribution in [3.63, 3.8) is 0 Å². The Labute approximate surface area is 125 Å². The van der Waals surface area contributed by atoms with Gasteiger partial charge in [-0.25, -0.2) is 0 Å². The zero-order valence-corrected chi connectivity index (χ0v) is 12.8. The Morgan fingerprint density at radius 2 is 2.24 bits per heavy atom. The maximum absolute atomic E-state index is 12.4. The summed E-state index contributed by atoms with van der Waals surface area (Å²) in [5, 5.41) is 11.1. The summed E-state index contributed by atoms with van der Waals surface area (Å²) in [6.45, 7) is 5.50. The number of fused-ring (bicyclic) bond motifs is 2. The molecule has 0 saturated heterocycles. The molecule has 1 aromatic rings. The van der Waals surface area contributed by atoms with E-state index in [9.17, 15) is 4.79 Å². The average molecular weight is 291 g/mol. The van der Waals surface area contributed by atoms with Gasteiger partial charge >= 0.3 is 0 Å². The number of carbonyl (C=O) groups is 1. The summed E-state index contributed by atoms with van der Waals surface area (Å²) in [6, 6.07) is 0.0601. The molecular formula is C15H25N5O. The minimum absolute atomic E-state index is 0.0224. The van der Waals surface area contributed by atoms with Gasteiger partial charge in [0.2, 0.25) is 5.91 Å². The first-order chi connectivity index (χ1) is 10.1. The Morgan fingerprint density at radius 3 is 2.90 bits per heavy atom. The van der Waals surface area contributed by atoms with Crippen LogP contribution in [0.25, 0.3) is 0 Å². The SMILES string of the molecule is CC(C)c1nncn1CCNC(=O)C1C2CCC(C2)C1N. The molecule has 21 heavy (non-hydrogen) atoms. The number of hydrogen-bond acceptors (Lipinski definition) is 4. The van der Waals surface area contributed by atoms with Crippen molar-refractivity contribution in [2.45, 2.75) is 51.6 Å². The molecule has 6 nitrogen and oxygen atoms in total. The molecule has 2 fully saturated rings. The molecule has 2 bridgehead atoms. The van der Waals surface area contributed by atoms with Gasteiger partial charge in [-0.2, -0.15) is 0 Å². The highest BCUT2D eigenvalue weighted by Gasteiger charge is 2.48. The number of nitrogens with two attached hydrogens (primary N) is 1. The molecule has 0 radical (unpaired) electrons. The molecule has 6 heteroatoms. The lowest BCUT2D eigenvalue weighted by atomic mass is 9.84. The fourth-order valence-electron chi connectivity index (χ4n) is 4.03. The number of carbonyl (C=O) groups excluding carboxylic acids is 1. The van der Waals surface area contributed by atoms with Crippen molar-refractivity contribution in [2.75, 3.05) is 6.54 Å². The summed E-state index contributed by atoms with van der Waals surface area (Å²) in [5.41, 5.74) is 6.21. The van der Waals surface area contributed by atoms with Gasteiger partial charge < -0.3 is 15.6 Å². The summed E-state index contributed by atoms with van der Waals surface area (Å²) in [7, 11) is 0. The fourth-order valence-corrected chi connectivity index (χ4v) is 4.03. The number of aromatic nitrogens is 3. The van der Waals surface area contributed by atoms with Crippen LogP contribution in [0.15, 0.2) is 6.33 Å². The highest BCUT2D eigenvalue weighted by molar-refractivity contribution is 5.80. The van der Waals surface area contributed by atoms with Gasteiger partial charge in [0.05, 0.1) is 5.92 Å². The molecule has 0 spiro atoms. The van der Waals surface area contributed by atoms with E-state index >= 15 is 0 Å². The number of rotatable bonds is 5. The lowest BCUT2D eigenvalue weighted by Gasteiger charge is -2.27. The highest BCUT2D eigenvalue weighted by atomic mass is 16.1. The van der Waals surface area contributed by atoms with Gasteiger partial charge in [0.1, 0.15) is 12.2 Å². The molecule has 0 aromatic carbocycles. The quantitative estimate of drug-likeness (QED) is 0.843. The predicted molar refractivity (Wildman–Crippen MR) is 79.4 cm³/mol. The van der Waals surface area contributed by atoms with Crippen LogP contribution < -0.4 is 11.1 Å². The van der Waals surface area contributed by atoms with Crippen LogP contribution in [0.4, 0.5) is 0 Å². The second-order valence-corrected chi connectivity index (χ2v) is 6.76. The smallest absolute Gasteiger partial charge is 0.225 e. The van der Waals surface area contributed by atoms with Gasteiger partial charge in [-0.05, 0) is 31.1 Å². The third-order valence-corrected chi connectivity index (χ3v) is 5.10. The molecule has 116 valence electrons. The first kappa shape index (κ1) is 14.5. The molecule has 1 heterocycles. The topological polar surface area (TPSA) is 85.8 Å². The average Bonchev–Trinajstić information content (AvgIpc) is 3.12. The molecule has 4 unspecified atom stereocenters. The monoisotopic (exact) mass is 291 g/mol. The molecule has 3 rings (SSSR count). The standard InChI is InChI=1S/C15H25N5O/c1-9(2)14-19-18-8-20(14)6-5-17-15(21)12-10-3-4-11(7-10)13(12)16/h8-13H,3-7,16H2,1-2H3,(H,17,21). The van der Waals surface area contributed by atoms with Crippen LogP contribution in [0.5, 0.6) is 0 Å². The second-order valence-electron chi connectivity index (χ2n) is 6.76. The molecule has 0 aliphatic heterocycles. The summed E-state index contributed by atoms with van der Waals surface area (Å²) in [4.78, 5) is 12.4. The number of hydrogen-bond donors (Lipinski definition) is 2. The van der Waals surface area contributed by atoms with Gasteiger partial charge in [-0.1, -0.05) is 13.8 Å². The maximum Gasteiger partial charge on any atom is 0.225 e. The molecular weight excluding hydrogens is 266 g/mol. The molecule has 1 amide bonds. The Bertz CT molecular complexity index is 510. The van der Waals surface area contributed by atoms with E-state index in [1.54, 1.807) is 6.33 Å². The van der Waals surface area contributed by atoms with E-state index in [4.69, 9.17) is 5.73 Å². The van der Waals surface area contributed by atoms with E-state index in [0.717, 1.165) is 12.2 Å². The van der Waals surface area contributed by atoms with Gasteiger partial charge in [-0.15, -0.1) is 10.2 Å². The van der Waals surface area contributed by atoms with Crippen molar-refractivity contribution < 1.29 is 4.79 Å². The molecule has 3 N–H and O–H groups in total. The van der Waals surface area contributed by atoms with Gasteiger partial charge in [0.25, 0.3) is 0 Å². The van der Waals surface area contributed by atoms with E-state index in [1.807, 2.05) is 4.57 Å². The summed E-state index contributed by atoms with van der Waals surface area (Å²) in [5.74, 6) is 2.52. The molecule has 2 aliphatic carbocycles. The third-order valence-electron chi connectivity index (χ3n) is 5.10. The Morgan fingerprint density at radius 1 is 1.48 bits per heavy atom. The first-order valence-corrected chi connectivity index (χ1v) is 7.99. The summed E-state index contributed by atoms with van der Waals surface area (Å²) >= 11 is 0. The predicted octanol–water partition coefficient (Wildman–Crippen LogP) is 0.891. The van der Waals surface area contributed by atoms with Crippen molar-refractivity contribution in [1.82, 2.24) is 20.1 Å². The number of nitrogens with zero attached hydrogens (tertiary/aromatic N) is 3. The number of nitrogens with one attached hydrogen (secondary N) is 1. The second kappa shape index (κ2) is 5.75. The Hall–Kier alpha value is -1.43. The highest BCUT2D eigenvalue weighted by Crippen LogP contribution is 2.47. The van der Waals surface area contributed by atoms with E-state index in [-0.39, 0.29) is 17.9 Å². The molecule has 2 aliphatic rings. The zero-order chi connectivity index (χ0) is 15.0. The van der Waals surface area contributed by atoms with Crippen molar-refractivity contribution in [2.24, 2.45) is 23.5 Å². The largest absolute Gasteiger partial charge is 0.354 e. The normalized spacial score (nSPS) is 31.0. The van der Waals surface area contributed by atoms with Gasteiger partial charge in [-0.3, -0.25) is 4.79 Å². The molecule has 4 atom stereocenters. The van der Waals surface area contributed by atoms with Crippen LogP contribution in [0.3, 0.4) is 0 Å². The third kappa shape index (κ3) is 2.69.